The summed E-state index contributed by atoms with van der Waals surface area (Å²) < 4.78 is 5.65. The van der Waals surface area contributed by atoms with Crippen molar-refractivity contribution < 1.29 is 9.53 Å². The van der Waals surface area contributed by atoms with Gasteiger partial charge in [-0.3, -0.25) is 4.79 Å². The fourth-order valence-corrected chi connectivity index (χ4v) is 1.65. The molecule has 1 aromatic rings. The molecule has 1 aromatic carbocycles. The second-order valence-electron chi connectivity index (χ2n) is 3.52. The predicted octanol–water partition coefficient (Wildman–Crippen LogP) is 1.50. The Bertz CT molecular complexity index is 457. The molecule has 1 amide bonds. The number of benzene rings is 1. The van der Waals surface area contributed by atoms with E-state index >= 15 is 0 Å². The first-order valence-electron chi connectivity index (χ1n) is 5.36. The summed E-state index contributed by atoms with van der Waals surface area (Å²) >= 11 is 3.27. The largest absolute Gasteiger partial charge is 0.383 e. The van der Waals surface area contributed by atoms with Gasteiger partial charge in [-0.05, 0) is 18.2 Å². The molecule has 0 unspecified atom stereocenters. The molecular formula is C12H14BrN3O2. The van der Waals surface area contributed by atoms with Gasteiger partial charge in [0.2, 0.25) is 5.91 Å². The van der Waals surface area contributed by atoms with E-state index in [0.29, 0.717) is 24.4 Å². The van der Waals surface area contributed by atoms with Crippen molar-refractivity contribution in [2.24, 2.45) is 0 Å². The number of amides is 1. The van der Waals surface area contributed by atoms with Crippen molar-refractivity contribution >= 4 is 27.5 Å². The third-order valence-corrected chi connectivity index (χ3v) is 2.64. The van der Waals surface area contributed by atoms with Crippen LogP contribution >= 0.6 is 15.9 Å². The van der Waals surface area contributed by atoms with E-state index in [1.165, 1.54) is 0 Å². The monoisotopic (exact) mass is 311 g/mol. The van der Waals surface area contributed by atoms with Gasteiger partial charge in [0, 0.05) is 18.1 Å². The predicted molar refractivity (Wildman–Crippen MR) is 72.2 cm³/mol. The zero-order valence-electron chi connectivity index (χ0n) is 10.00. The Balaban J connectivity index is 2.52. The number of methoxy groups -OCH3 is 1. The molecule has 1 rings (SSSR count). The topological polar surface area (TPSA) is 74.2 Å². The highest BCUT2D eigenvalue weighted by molar-refractivity contribution is 9.10. The van der Waals surface area contributed by atoms with Crippen LogP contribution in [-0.4, -0.2) is 32.7 Å². The summed E-state index contributed by atoms with van der Waals surface area (Å²) in [7, 11) is 1.60. The van der Waals surface area contributed by atoms with Gasteiger partial charge < -0.3 is 15.4 Å². The molecule has 0 aliphatic carbocycles. The first-order chi connectivity index (χ1) is 8.67. The number of hydrogen-bond acceptors (Lipinski definition) is 4. The number of nitrogens with zero attached hydrogens (tertiary/aromatic N) is 1. The van der Waals surface area contributed by atoms with E-state index in [1.807, 2.05) is 6.07 Å². The van der Waals surface area contributed by atoms with Gasteiger partial charge in [-0.1, -0.05) is 15.9 Å². The Labute approximate surface area is 114 Å². The number of rotatable bonds is 6. The highest BCUT2D eigenvalue weighted by Gasteiger charge is 2.06. The van der Waals surface area contributed by atoms with Crippen molar-refractivity contribution in [1.82, 2.24) is 5.32 Å². The third-order valence-electron chi connectivity index (χ3n) is 2.14. The van der Waals surface area contributed by atoms with Gasteiger partial charge in [0.25, 0.3) is 0 Å². The van der Waals surface area contributed by atoms with Crippen LogP contribution in [0.25, 0.3) is 0 Å². The van der Waals surface area contributed by atoms with Crippen LogP contribution in [0.15, 0.2) is 22.7 Å². The molecule has 5 nitrogen and oxygen atoms in total. The lowest BCUT2D eigenvalue weighted by molar-refractivity contribution is -0.115. The summed E-state index contributed by atoms with van der Waals surface area (Å²) in [6.07, 6.45) is 0. The van der Waals surface area contributed by atoms with Gasteiger partial charge in [0.1, 0.15) is 6.07 Å². The van der Waals surface area contributed by atoms with Crippen LogP contribution in [0.3, 0.4) is 0 Å². The number of carbonyl (C=O) groups is 1. The van der Waals surface area contributed by atoms with Gasteiger partial charge in [0.05, 0.1) is 24.4 Å². The van der Waals surface area contributed by atoms with Crippen LogP contribution in [-0.2, 0) is 9.53 Å². The van der Waals surface area contributed by atoms with E-state index in [2.05, 4.69) is 26.6 Å². The minimum atomic E-state index is -0.190. The standard InChI is InChI=1S/C12H14BrN3O2/c1-18-5-4-15-8-12(17)16-11-3-2-10(13)6-9(11)7-14/h2-3,6,15H,4-5,8H2,1H3,(H,16,17). The summed E-state index contributed by atoms with van der Waals surface area (Å²) in [5, 5.41) is 14.6. The Hall–Kier alpha value is -1.42. The van der Waals surface area contributed by atoms with Crippen molar-refractivity contribution in [3.8, 4) is 6.07 Å². The molecule has 0 saturated carbocycles. The maximum atomic E-state index is 11.6. The van der Waals surface area contributed by atoms with Gasteiger partial charge in [0.15, 0.2) is 0 Å². The fourth-order valence-electron chi connectivity index (χ4n) is 1.29. The molecule has 0 spiro atoms. The average molecular weight is 312 g/mol. The van der Waals surface area contributed by atoms with Crippen LogP contribution in [0.1, 0.15) is 5.56 Å². The maximum Gasteiger partial charge on any atom is 0.238 e. The molecule has 0 aliphatic heterocycles. The number of carbonyl (C=O) groups excluding carboxylic acids is 1. The summed E-state index contributed by atoms with van der Waals surface area (Å²) in [5.74, 6) is -0.190. The Morgan fingerprint density at radius 3 is 3.00 bits per heavy atom. The van der Waals surface area contributed by atoms with Crippen molar-refractivity contribution in [1.29, 1.82) is 5.26 Å². The molecule has 0 fully saturated rings. The summed E-state index contributed by atoms with van der Waals surface area (Å²) in [5.41, 5.74) is 0.939. The quantitative estimate of drug-likeness (QED) is 0.781. The van der Waals surface area contributed by atoms with Crippen LogP contribution in [0.2, 0.25) is 0 Å². The summed E-state index contributed by atoms with van der Waals surface area (Å²) in [6, 6.07) is 7.16. The van der Waals surface area contributed by atoms with Gasteiger partial charge >= 0.3 is 0 Å². The highest BCUT2D eigenvalue weighted by atomic mass is 79.9. The Morgan fingerprint density at radius 2 is 2.33 bits per heavy atom. The molecule has 0 heterocycles. The van der Waals surface area contributed by atoms with Crippen LogP contribution in [0.4, 0.5) is 5.69 Å². The average Bonchev–Trinajstić information content (AvgIpc) is 2.37. The fraction of sp³-hybridized carbons (Fsp3) is 0.333. The van der Waals surface area contributed by atoms with E-state index in [4.69, 9.17) is 10.00 Å². The van der Waals surface area contributed by atoms with Crippen LogP contribution in [0.5, 0.6) is 0 Å². The lowest BCUT2D eigenvalue weighted by atomic mass is 10.2. The highest BCUT2D eigenvalue weighted by Crippen LogP contribution is 2.19. The first kappa shape index (κ1) is 14.6. The van der Waals surface area contributed by atoms with E-state index < -0.39 is 0 Å². The number of ether oxygens (including phenoxy) is 1. The molecule has 2 N–H and O–H groups in total. The van der Waals surface area contributed by atoms with E-state index in [1.54, 1.807) is 25.3 Å². The molecule has 0 bridgehead atoms. The van der Waals surface area contributed by atoms with E-state index in [9.17, 15) is 4.79 Å². The maximum absolute atomic E-state index is 11.6. The smallest absolute Gasteiger partial charge is 0.238 e. The number of nitriles is 1. The Morgan fingerprint density at radius 1 is 1.56 bits per heavy atom. The van der Waals surface area contributed by atoms with Crippen LogP contribution in [0, 0.1) is 11.3 Å². The van der Waals surface area contributed by atoms with Gasteiger partial charge in [-0.15, -0.1) is 0 Å². The van der Waals surface area contributed by atoms with Crippen molar-refractivity contribution in [2.75, 3.05) is 32.1 Å². The molecule has 0 aliphatic rings. The molecule has 0 atom stereocenters. The second-order valence-corrected chi connectivity index (χ2v) is 4.44. The molecular weight excluding hydrogens is 298 g/mol. The van der Waals surface area contributed by atoms with Gasteiger partial charge in [-0.25, -0.2) is 0 Å². The zero-order chi connectivity index (χ0) is 13.4. The SMILES string of the molecule is COCCNCC(=O)Nc1ccc(Br)cc1C#N. The number of anilines is 1. The first-order valence-corrected chi connectivity index (χ1v) is 6.16. The third kappa shape index (κ3) is 4.84. The lowest BCUT2D eigenvalue weighted by Gasteiger charge is -2.08. The van der Waals surface area contributed by atoms with E-state index in [0.717, 1.165) is 4.47 Å². The number of halogens is 1. The van der Waals surface area contributed by atoms with Gasteiger partial charge in [-0.2, -0.15) is 5.26 Å². The summed E-state index contributed by atoms with van der Waals surface area (Å²) in [6.45, 7) is 1.34. The van der Waals surface area contributed by atoms with E-state index in [-0.39, 0.29) is 12.5 Å². The Kier molecular flexibility index (Phi) is 6.36. The zero-order valence-corrected chi connectivity index (χ0v) is 11.6. The molecule has 0 saturated heterocycles. The molecule has 6 heteroatoms. The summed E-state index contributed by atoms with van der Waals surface area (Å²) in [4.78, 5) is 11.6. The molecule has 0 radical (unpaired) electrons. The molecule has 18 heavy (non-hydrogen) atoms. The minimum absolute atomic E-state index is 0.185. The lowest BCUT2D eigenvalue weighted by Crippen LogP contribution is -2.30. The normalized spacial score (nSPS) is 9.83. The second kappa shape index (κ2) is 7.82. The van der Waals surface area contributed by atoms with Crippen molar-refractivity contribution in [3.63, 3.8) is 0 Å². The minimum Gasteiger partial charge on any atom is -0.383 e. The van der Waals surface area contributed by atoms with Crippen molar-refractivity contribution in [3.05, 3.63) is 28.2 Å². The van der Waals surface area contributed by atoms with Crippen LogP contribution < -0.4 is 10.6 Å². The molecule has 0 aromatic heterocycles. The number of hydrogen-bond donors (Lipinski definition) is 2. The number of nitrogens with one attached hydrogen (secondary N) is 2. The molecule has 96 valence electrons. The van der Waals surface area contributed by atoms with Crippen molar-refractivity contribution in [2.45, 2.75) is 0 Å².